The van der Waals surface area contributed by atoms with Crippen molar-refractivity contribution in [1.82, 2.24) is 14.8 Å². The van der Waals surface area contributed by atoms with E-state index in [0.717, 1.165) is 17.9 Å². The summed E-state index contributed by atoms with van der Waals surface area (Å²) in [4.78, 5) is 0. The van der Waals surface area contributed by atoms with Gasteiger partial charge in [0.1, 0.15) is 6.33 Å². The van der Waals surface area contributed by atoms with Crippen molar-refractivity contribution < 1.29 is 0 Å². The molecular weight excluding hydrogens is 162 g/mol. The number of benzene rings is 1. The molecule has 0 unspecified atom stereocenters. The Balaban J connectivity index is 2.47. The highest BCUT2D eigenvalue weighted by Gasteiger charge is 2.03. The molecule has 0 spiro atoms. The van der Waals surface area contributed by atoms with Gasteiger partial charge in [-0.25, -0.2) is 0 Å². The molecule has 3 nitrogen and oxygen atoms in total. The van der Waals surface area contributed by atoms with Crippen molar-refractivity contribution in [2.45, 2.75) is 13.5 Å². The van der Waals surface area contributed by atoms with Gasteiger partial charge in [0.05, 0.1) is 0 Å². The van der Waals surface area contributed by atoms with E-state index in [4.69, 9.17) is 0 Å². The zero-order valence-corrected chi connectivity index (χ0v) is 7.51. The Labute approximate surface area is 77.0 Å². The Hall–Kier alpha value is -1.64. The van der Waals surface area contributed by atoms with Gasteiger partial charge in [0.2, 0.25) is 0 Å². The maximum Gasteiger partial charge on any atom is 0.163 e. The van der Waals surface area contributed by atoms with E-state index >= 15 is 0 Å². The first-order valence-corrected chi connectivity index (χ1v) is 4.35. The third kappa shape index (κ3) is 1.45. The molecule has 2 aromatic rings. The number of nitrogens with zero attached hydrogens (tertiary/aromatic N) is 3. The number of hydrogen-bond acceptors (Lipinski definition) is 2. The molecule has 13 heavy (non-hydrogen) atoms. The van der Waals surface area contributed by atoms with Crippen LogP contribution in [-0.4, -0.2) is 14.8 Å². The summed E-state index contributed by atoms with van der Waals surface area (Å²) in [6.45, 7) is 2.98. The molecular formula is C10H11N3. The minimum atomic E-state index is 0.900. The van der Waals surface area contributed by atoms with Gasteiger partial charge in [0, 0.05) is 12.1 Å². The van der Waals surface area contributed by atoms with Gasteiger partial charge in [-0.2, -0.15) is 0 Å². The van der Waals surface area contributed by atoms with Crippen LogP contribution in [0.25, 0.3) is 11.4 Å². The first-order chi connectivity index (χ1) is 6.42. The monoisotopic (exact) mass is 173 g/mol. The zero-order chi connectivity index (χ0) is 9.10. The molecule has 2 rings (SSSR count). The standard InChI is InChI=1S/C10H11N3/c1-2-13-8-11-12-10(13)9-6-4-3-5-7-9/h3-8H,2H2,1H3. The summed E-state index contributed by atoms with van der Waals surface area (Å²) in [6.07, 6.45) is 1.75. The van der Waals surface area contributed by atoms with Gasteiger partial charge in [-0.05, 0) is 6.92 Å². The minimum Gasteiger partial charge on any atom is -0.314 e. The second-order valence-electron chi connectivity index (χ2n) is 2.81. The lowest BCUT2D eigenvalue weighted by Gasteiger charge is -2.01. The van der Waals surface area contributed by atoms with Crippen LogP contribution in [0.15, 0.2) is 36.7 Å². The molecule has 1 heterocycles. The van der Waals surface area contributed by atoms with Crippen LogP contribution >= 0.6 is 0 Å². The fourth-order valence-electron chi connectivity index (χ4n) is 1.30. The van der Waals surface area contributed by atoms with E-state index < -0.39 is 0 Å². The van der Waals surface area contributed by atoms with Crippen molar-refractivity contribution in [2.75, 3.05) is 0 Å². The van der Waals surface area contributed by atoms with E-state index in [0.29, 0.717) is 0 Å². The quantitative estimate of drug-likeness (QED) is 0.695. The molecule has 0 aliphatic heterocycles. The second-order valence-corrected chi connectivity index (χ2v) is 2.81. The fourth-order valence-corrected chi connectivity index (χ4v) is 1.30. The van der Waals surface area contributed by atoms with Crippen molar-refractivity contribution in [3.8, 4) is 11.4 Å². The molecule has 0 bridgehead atoms. The highest BCUT2D eigenvalue weighted by Crippen LogP contribution is 2.14. The Kier molecular flexibility index (Phi) is 2.08. The van der Waals surface area contributed by atoms with E-state index in [-0.39, 0.29) is 0 Å². The highest BCUT2D eigenvalue weighted by atomic mass is 15.3. The number of hydrogen-bond donors (Lipinski definition) is 0. The molecule has 0 fully saturated rings. The maximum atomic E-state index is 4.07. The Morgan fingerprint density at radius 1 is 1.23 bits per heavy atom. The Bertz CT molecular complexity index is 378. The van der Waals surface area contributed by atoms with Crippen LogP contribution in [0, 0.1) is 0 Å². The summed E-state index contributed by atoms with van der Waals surface area (Å²) in [5.74, 6) is 0.933. The molecule has 0 saturated carbocycles. The number of aryl methyl sites for hydroxylation is 1. The molecule has 0 radical (unpaired) electrons. The normalized spacial score (nSPS) is 10.2. The molecule has 3 heteroatoms. The summed E-state index contributed by atoms with van der Waals surface area (Å²) in [5.41, 5.74) is 1.11. The maximum absolute atomic E-state index is 4.07. The first-order valence-electron chi connectivity index (χ1n) is 4.35. The molecule has 0 amide bonds. The molecule has 1 aromatic carbocycles. The molecule has 0 N–H and O–H groups in total. The molecule has 66 valence electrons. The summed E-state index contributed by atoms with van der Waals surface area (Å²) in [6, 6.07) is 10.1. The Morgan fingerprint density at radius 3 is 2.69 bits per heavy atom. The third-order valence-corrected chi connectivity index (χ3v) is 1.99. The van der Waals surface area contributed by atoms with Crippen LogP contribution in [0.5, 0.6) is 0 Å². The van der Waals surface area contributed by atoms with E-state index in [1.165, 1.54) is 0 Å². The van der Waals surface area contributed by atoms with Crippen LogP contribution in [-0.2, 0) is 6.54 Å². The average Bonchev–Trinajstić information content (AvgIpc) is 2.67. The lowest BCUT2D eigenvalue weighted by molar-refractivity contribution is 0.767. The van der Waals surface area contributed by atoms with Crippen molar-refractivity contribution in [3.05, 3.63) is 36.7 Å². The predicted octanol–water partition coefficient (Wildman–Crippen LogP) is 1.96. The van der Waals surface area contributed by atoms with E-state index in [2.05, 4.69) is 17.1 Å². The summed E-state index contributed by atoms with van der Waals surface area (Å²) < 4.78 is 2.02. The summed E-state index contributed by atoms with van der Waals surface area (Å²) in [5, 5.41) is 7.95. The fraction of sp³-hybridized carbons (Fsp3) is 0.200. The zero-order valence-electron chi connectivity index (χ0n) is 7.51. The molecule has 0 aliphatic rings. The molecule has 0 atom stereocenters. The van der Waals surface area contributed by atoms with Gasteiger partial charge in [0.15, 0.2) is 5.82 Å². The van der Waals surface area contributed by atoms with Crippen LogP contribution in [0.2, 0.25) is 0 Å². The van der Waals surface area contributed by atoms with E-state index in [9.17, 15) is 0 Å². The van der Waals surface area contributed by atoms with Crippen molar-refractivity contribution >= 4 is 0 Å². The van der Waals surface area contributed by atoms with Gasteiger partial charge in [-0.3, -0.25) is 0 Å². The van der Waals surface area contributed by atoms with E-state index in [1.54, 1.807) is 6.33 Å². The third-order valence-electron chi connectivity index (χ3n) is 1.99. The summed E-state index contributed by atoms with van der Waals surface area (Å²) >= 11 is 0. The molecule has 1 aromatic heterocycles. The van der Waals surface area contributed by atoms with Crippen molar-refractivity contribution in [3.63, 3.8) is 0 Å². The summed E-state index contributed by atoms with van der Waals surface area (Å²) in [7, 11) is 0. The smallest absolute Gasteiger partial charge is 0.163 e. The van der Waals surface area contributed by atoms with Gasteiger partial charge in [-0.15, -0.1) is 10.2 Å². The van der Waals surface area contributed by atoms with Crippen molar-refractivity contribution in [2.24, 2.45) is 0 Å². The van der Waals surface area contributed by atoms with Gasteiger partial charge in [-0.1, -0.05) is 30.3 Å². The first kappa shape index (κ1) is 7.98. The lowest BCUT2D eigenvalue weighted by atomic mass is 10.2. The lowest BCUT2D eigenvalue weighted by Crippen LogP contribution is -1.95. The topological polar surface area (TPSA) is 30.7 Å². The van der Waals surface area contributed by atoms with Crippen LogP contribution in [0.4, 0.5) is 0 Å². The van der Waals surface area contributed by atoms with Gasteiger partial charge < -0.3 is 4.57 Å². The van der Waals surface area contributed by atoms with Crippen molar-refractivity contribution in [1.29, 1.82) is 0 Å². The molecule has 0 saturated heterocycles. The van der Waals surface area contributed by atoms with Crippen LogP contribution in [0.3, 0.4) is 0 Å². The number of rotatable bonds is 2. The Morgan fingerprint density at radius 2 is 2.00 bits per heavy atom. The largest absolute Gasteiger partial charge is 0.314 e. The minimum absolute atomic E-state index is 0.900. The van der Waals surface area contributed by atoms with Gasteiger partial charge >= 0.3 is 0 Å². The SMILES string of the molecule is CCn1cnnc1-c1ccccc1. The van der Waals surface area contributed by atoms with E-state index in [1.807, 2.05) is 34.9 Å². The highest BCUT2D eigenvalue weighted by molar-refractivity contribution is 5.54. The predicted molar refractivity (Wildman–Crippen MR) is 51.1 cm³/mol. The second kappa shape index (κ2) is 3.39. The van der Waals surface area contributed by atoms with Crippen LogP contribution < -0.4 is 0 Å². The molecule has 0 aliphatic carbocycles. The average molecular weight is 173 g/mol. The van der Waals surface area contributed by atoms with Gasteiger partial charge in [0.25, 0.3) is 0 Å². The number of aromatic nitrogens is 3. The van der Waals surface area contributed by atoms with Crippen LogP contribution in [0.1, 0.15) is 6.92 Å².